The van der Waals surface area contributed by atoms with Crippen molar-refractivity contribution < 1.29 is 8.83 Å². The molecule has 0 saturated heterocycles. The second-order valence-electron chi connectivity index (χ2n) is 13.1. The van der Waals surface area contributed by atoms with Crippen molar-refractivity contribution >= 4 is 33.0 Å². The van der Waals surface area contributed by atoms with E-state index in [-0.39, 0.29) is 0 Å². The number of aromatic nitrogens is 1. The first-order valence-corrected chi connectivity index (χ1v) is 17.5. The molecule has 2 heterocycles. The predicted octanol–water partition coefficient (Wildman–Crippen LogP) is 13.7. The third kappa shape index (κ3) is 5.28. The molecule has 0 aliphatic rings. The molecule has 0 N–H and O–H groups in total. The van der Waals surface area contributed by atoms with Gasteiger partial charge in [0.2, 0.25) is 5.89 Å². The molecule has 0 radical (unpaired) electrons. The Labute approximate surface area is 301 Å². The highest BCUT2D eigenvalue weighted by Gasteiger charge is 2.18. The molecule has 0 spiro atoms. The first-order chi connectivity index (χ1) is 25.7. The highest BCUT2D eigenvalue weighted by molar-refractivity contribution is 6.09. The number of para-hydroxylation sites is 2. The molecule has 10 rings (SSSR count). The Balaban J connectivity index is 1.13. The van der Waals surface area contributed by atoms with Crippen LogP contribution in [0.1, 0.15) is 0 Å². The van der Waals surface area contributed by atoms with Gasteiger partial charge in [-0.05, 0) is 80.9 Å². The SMILES string of the molecule is c1ccc(-c2cc(-c3ccccc3)cc(-c3nc4c(-c5ccc(-c6cccc7c6oc6ccccc67)cc5)cc(-c5ccccc5)cc4o3)c2)cc1. The lowest BCUT2D eigenvalue weighted by atomic mass is 9.95. The quantitative estimate of drug-likeness (QED) is 0.177. The van der Waals surface area contributed by atoms with Gasteiger partial charge in [0, 0.05) is 27.5 Å². The summed E-state index contributed by atoms with van der Waals surface area (Å²) in [5.74, 6) is 0.588. The van der Waals surface area contributed by atoms with Gasteiger partial charge in [0.25, 0.3) is 0 Å². The molecule has 0 saturated carbocycles. The summed E-state index contributed by atoms with van der Waals surface area (Å²) >= 11 is 0. The van der Waals surface area contributed by atoms with Gasteiger partial charge in [-0.3, -0.25) is 0 Å². The molecule has 0 aliphatic heterocycles. The van der Waals surface area contributed by atoms with E-state index in [1.807, 2.05) is 30.3 Å². The van der Waals surface area contributed by atoms with Crippen LogP contribution >= 0.6 is 0 Å². The minimum absolute atomic E-state index is 0.588. The van der Waals surface area contributed by atoms with E-state index in [0.717, 1.165) is 94.2 Å². The number of benzene rings is 8. The minimum Gasteiger partial charge on any atom is -0.455 e. The molecular formula is C49H31NO2. The fourth-order valence-corrected chi connectivity index (χ4v) is 7.32. The highest BCUT2D eigenvalue weighted by Crippen LogP contribution is 2.40. The van der Waals surface area contributed by atoms with E-state index >= 15 is 0 Å². The maximum atomic E-state index is 6.71. The zero-order valence-corrected chi connectivity index (χ0v) is 28.2. The molecule has 0 atom stereocenters. The van der Waals surface area contributed by atoms with Crippen LogP contribution in [0.25, 0.3) is 100 Å². The molecule has 3 heteroatoms. The maximum absolute atomic E-state index is 6.71. The van der Waals surface area contributed by atoms with E-state index in [1.54, 1.807) is 0 Å². The van der Waals surface area contributed by atoms with Gasteiger partial charge in [-0.1, -0.05) is 152 Å². The van der Waals surface area contributed by atoms with Gasteiger partial charge in [-0.15, -0.1) is 0 Å². The third-order valence-corrected chi connectivity index (χ3v) is 9.91. The van der Waals surface area contributed by atoms with Crippen LogP contribution in [0, 0.1) is 0 Å². The number of nitrogens with zero attached hydrogens (tertiary/aromatic N) is 1. The molecule has 2 aromatic heterocycles. The maximum Gasteiger partial charge on any atom is 0.227 e. The summed E-state index contributed by atoms with van der Waals surface area (Å²) in [5, 5.41) is 2.25. The van der Waals surface area contributed by atoms with Crippen LogP contribution in [0.5, 0.6) is 0 Å². The molecule has 10 aromatic rings. The largest absolute Gasteiger partial charge is 0.455 e. The van der Waals surface area contributed by atoms with Crippen LogP contribution in [0.4, 0.5) is 0 Å². The zero-order valence-electron chi connectivity index (χ0n) is 28.2. The van der Waals surface area contributed by atoms with Crippen molar-refractivity contribution in [3.63, 3.8) is 0 Å². The van der Waals surface area contributed by atoms with Crippen molar-refractivity contribution in [3.05, 3.63) is 188 Å². The van der Waals surface area contributed by atoms with Crippen LogP contribution in [0.3, 0.4) is 0 Å². The molecule has 0 aliphatic carbocycles. The predicted molar refractivity (Wildman–Crippen MR) is 214 cm³/mol. The average Bonchev–Trinajstić information content (AvgIpc) is 3.84. The van der Waals surface area contributed by atoms with Crippen molar-refractivity contribution in [1.82, 2.24) is 4.98 Å². The topological polar surface area (TPSA) is 39.2 Å². The summed E-state index contributed by atoms with van der Waals surface area (Å²) < 4.78 is 13.1. The molecule has 52 heavy (non-hydrogen) atoms. The van der Waals surface area contributed by atoms with Crippen LogP contribution < -0.4 is 0 Å². The van der Waals surface area contributed by atoms with E-state index in [1.165, 1.54) is 0 Å². The number of hydrogen-bond donors (Lipinski definition) is 0. The van der Waals surface area contributed by atoms with Crippen LogP contribution in [0.2, 0.25) is 0 Å². The number of oxazole rings is 1. The average molecular weight is 666 g/mol. The summed E-state index contributed by atoms with van der Waals surface area (Å²) in [6.45, 7) is 0. The normalized spacial score (nSPS) is 11.5. The summed E-state index contributed by atoms with van der Waals surface area (Å²) in [7, 11) is 0. The zero-order chi connectivity index (χ0) is 34.4. The molecule has 8 aromatic carbocycles. The Hall–Kier alpha value is -6.97. The molecule has 0 amide bonds. The van der Waals surface area contributed by atoms with Crippen molar-refractivity contribution in [3.8, 4) is 67.1 Å². The Kier molecular flexibility index (Phi) is 7.14. The van der Waals surface area contributed by atoms with Gasteiger partial charge in [-0.25, -0.2) is 4.98 Å². The monoisotopic (exact) mass is 665 g/mol. The first kappa shape index (κ1) is 29.9. The Morgan fingerprint density at radius 1 is 0.308 bits per heavy atom. The molecule has 0 bridgehead atoms. The molecule has 244 valence electrons. The second-order valence-corrected chi connectivity index (χ2v) is 13.1. The highest BCUT2D eigenvalue weighted by atomic mass is 16.3. The fraction of sp³-hybridized carbons (Fsp3) is 0. The van der Waals surface area contributed by atoms with Crippen LogP contribution in [-0.4, -0.2) is 4.98 Å². The number of hydrogen-bond acceptors (Lipinski definition) is 3. The summed E-state index contributed by atoms with van der Waals surface area (Å²) in [6.07, 6.45) is 0. The second kappa shape index (κ2) is 12.4. The Bertz CT molecular complexity index is 2810. The van der Waals surface area contributed by atoms with E-state index in [4.69, 9.17) is 13.8 Å². The Morgan fingerprint density at radius 2 is 0.827 bits per heavy atom. The molecular weight excluding hydrogens is 635 g/mol. The van der Waals surface area contributed by atoms with Gasteiger partial charge in [0.05, 0.1) is 0 Å². The third-order valence-electron chi connectivity index (χ3n) is 9.91. The standard InChI is InChI=1S/C49H31NO2/c1-4-13-32(14-5-1)37-27-38(33-15-6-2-7-16-33)29-40(28-37)49-50-47-44(30-39(31-46(47)52-49)34-17-8-3-9-18-34)36-25-23-35(24-26-36)41-20-12-21-43-42-19-10-11-22-45(42)51-48(41)43/h1-31H. The smallest absolute Gasteiger partial charge is 0.227 e. The van der Waals surface area contributed by atoms with Gasteiger partial charge in [0.15, 0.2) is 5.58 Å². The van der Waals surface area contributed by atoms with Gasteiger partial charge >= 0.3 is 0 Å². The number of fused-ring (bicyclic) bond motifs is 4. The van der Waals surface area contributed by atoms with Gasteiger partial charge < -0.3 is 8.83 Å². The van der Waals surface area contributed by atoms with Crippen molar-refractivity contribution in [2.24, 2.45) is 0 Å². The van der Waals surface area contributed by atoms with E-state index in [0.29, 0.717) is 5.89 Å². The van der Waals surface area contributed by atoms with Gasteiger partial charge in [-0.2, -0.15) is 0 Å². The van der Waals surface area contributed by atoms with Crippen molar-refractivity contribution in [1.29, 1.82) is 0 Å². The van der Waals surface area contributed by atoms with E-state index < -0.39 is 0 Å². The van der Waals surface area contributed by atoms with E-state index in [2.05, 4.69) is 158 Å². The van der Waals surface area contributed by atoms with Crippen LogP contribution in [0.15, 0.2) is 197 Å². The summed E-state index contributed by atoms with van der Waals surface area (Å²) in [6, 6.07) is 65.6. The van der Waals surface area contributed by atoms with Crippen molar-refractivity contribution in [2.45, 2.75) is 0 Å². The summed E-state index contributed by atoms with van der Waals surface area (Å²) in [5.41, 5.74) is 15.2. The van der Waals surface area contributed by atoms with E-state index in [9.17, 15) is 0 Å². The number of rotatable bonds is 6. The minimum atomic E-state index is 0.588. The lowest BCUT2D eigenvalue weighted by Crippen LogP contribution is -1.87. The van der Waals surface area contributed by atoms with Crippen molar-refractivity contribution in [2.75, 3.05) is 0 Å². The lowest BCUT2D eigenvalue weighted by Gasteiger charge is -2.09. The Morgan fingerprint density at radius 3 is 1.46 bits per heavy atom. The summed E-state index contributed by atoms with van der Waals surface area (Å²) in [4.78, 5) is 5.23. The first-order valence-electron chi connectivity index (χ1n) is 17.5. The van der Waals surface area contributed by atoms with Gasteiger partial charge in [0.1, 0.15) is 16.7 Å². The fourth-order valence-electron chi connectivity index (χ4n) is 7.32. The lowest BCUT2D eigenvalue weighted by molar-refractivity contribution is 0.620. The molecule has 3 nitrogen and oxygen atoms in total. The van der Waals surface area contributed by atoms with Crippen LogP contribution in [-0.2, 0) is 0 Å². The molecule has 0 fully saturated rings. The number of furan rings is 1. The molecule has 0 unspecified atom stereocenters.